The highest BCUT2D eigenvalue weighted by molar-refractivity contribution is 5.87. The molecule has 1 saturated heterocycles. The lowest BCUT2D eigenvalue weighted by Crippen LogP contribution is -2.39. The summed E-state index contributed by atoms with van der Waals surface area (Å²) in [7, 11) is 0. The third-order valence-corrected chi connectivity index (χ3v) is 4.01. The van der Waals surface area contributed by atoms with Crippen molar-refractivity contribution in [3.8, 4) is 0 Å². The van der Waals surface area contributed by atoms with E-state index in [0.717, 1.165) is 19.5 Å². The van der Waals surface area contributed by atoms with Crippen molar-refractivity contribution in [1.82, 2.24) is 4.90 Å². The second-order valence-corrected chi connectivity index (χ2v) is 5.78. The van der Waals surface area contributed by atoms with Crippen LogP contribution in [-0.2, 0) is 16.0 Å². The van der Waals surface area contributed by atoms with E-state index >= 15 is 0 Å². The molecule has 120 valence electrons. The predicted molar refractivity (Wildman–Crippen MR) is 89.8 cm³/mol. The Balaban J connectivity index is 1.48. The minimum Gasteiger partial charge on any atom is -0.378 e. The van der Waals surface area contributed by atoms with Gasteiger partial charge in [0.2, 0.25) is 5.91 Å². The lowest BCUT2D eigenvalue weighted by Gasteiger charge is -2.25. The Morgan fingerprint density at radius 3 is 2.55 bits per heavy atom. The van der Waals surface area contributed by atoms with E-state index < -0.39 is 0 Å². The fourth-order valence-corrected chi connectivity index (χ4v) is 2.66. The maximum absolute atomic E-state index is 11.9. The number of nitrogens with zero attached hydrogens (tertiary/aromatic N) is 1. The Bertz CT molecular complexity index is 450. The van der Waals surface area contributed by atoms with Gasteiger partial charge in [-0.15, -0.1) is 0 Å². The van der Waals surface area contributed by atoms with Gasteiger partial charge < -0.3 is 9.64 Å². The van der Waals surface area contributed by atoms with Crippen LogP contribution in [0.2, 0.25) is 0 Å². The Hall–Kier alpha value is -1.61. The number of allylic oxidation sites excluding steroid dienone is 1. The highest BCUT2D eigenvalue weighted by Crippen LogP contribution is 2.09. The molecule has 0 unspecified atom stereocenters. The maximum atomic E-state index is 11.9. The predicted octanol–water partition coefficient (Wildman–Crippen LogP) is 3.59. The van der Waals surface area contributed by atoms with Crippen molar-refractivity contribution in [2.45, 2.75) is 38.5 Å². The van der Waals surface area contributed by atoms with Crippen LogP contribution in [0.3, 0.4) is 0 Å². The molecule has 1 heterocycles. The zero-order chi connectivity index (χ0) is 15.5. The van der Waals surface area contributed by atoms with Crippen molar-refractivity contribution < 1.29 is 9.53 Å². The average Bonchev–Trinajstić information content (AvgIpc) is 2.59. The van der Waals surface area contributed by atoms with Crippen molar-refractivity contribution in [2.75, 3.05) is 26.3 Å². The first-order valence-electron chi connectivity index (χ1n) is 8.43. The van der Waals surface area contributed by atoms with E-state index in [9.17, 15) is 4.79 Å². The highest BCUT2D eigenvalue weighted by Gasteiger charge is 2.13. The van der Waals surface area contributed by atoms with Crippen molar-refractivity contribution in [3.63, 3.8) is 0 Å². The molecular formula is C19H27NO2. The highest BCUT2D eigenvalue weighted by atomic mass is 16.5. The van der Waals surface area contributed by atoms with Gasteiger partial charge in [-0.25, -0.2) is 0 Å². The summed E-state index contributed by atoms with van der Waals surface area (Å²) in [6, 6.07) is 10.7. The van der Waals surface area contributed by atoms with Gasteiger partial charge in [0.25, 0.3) is 0 Å². The Kier molecular flexibility index (Phi) is 7.75. The number of carbonyl (C=O) groups excluding carboxylic acids is 1. The standard InChI is InChI=1S/C19H27NO2/c21-19(20-14-16-22-17-15-20)13-9-4-2-1-3-6-10-18-11-7-5-8-12-18/h5,7-9,11-13H,1-4,6,10,14-17H2/b13-9+. The molecule has 0 spiro atoms. The molecule has 3 heteroatoms. The summed E-state index contributed by atoms with van der Waals surface area (Å²) in [5.74, 6) is 0.132. The van der Waals surface area contributed by atoms with Gasteiger partial charge in [0.15, 0.2) is 0 Å². The number of hydrogen-bond donors (Lipinski definition) is 0. The van der Waals surface area contributed by atoms with Crippen LogP contribution >= 0.6 is 0 Å². The number of ether oxygens (including phenoxy) is 1. The minimum atomic E-state index is 0.132. The molecule has 3 nitrogen and oxygen atoms in total. The van der Waals surface area contributed by atoms with E-state index in [1.807, 2.05) is 11.0 Å². The van der Waals surface area contributed by atoms with Crippen molar-refractivity contribution in [2.24, 2.45) is 0 Å². The fraction of sp³-hybridized carbons (Fsp3) is 0.526. The number of rotatable bonds is 8. The normalized spacial score (nSPS) is 15.4. The first kappa shape index (κ1) is 16.8. The lowest BCUT2D eigenvalue weighted by molar-refractivity contribution is -0.129. The molecule has 2 rings (SSSR count). The monoisotopic (exact) mass is 301 g/mol. The first-order valence-corrected chi connectivity index (χ1v) is 8.43. The van der Waals surface area contributed by atoms with Crippen LogP contribution in [0.15, 0.2) is 42.5 Å². The van der Waals surface area contributed by atoms with Crippen molar-refractivity contribution in [1.29, 1.82) is 0 Å². The molecule has 1 aromatic carbocycles. The minimum absolute atomic E-state index is 0.132. The molecule has 1 fully saturated rings. The van der Waals surface area contributed by atoms with Crippen LogP contribution in [-0.4, -0.2) is 37.1 Å². The quantitative estimate of drug-likeness (QED) is 0.542. The van der Waals surface area contributed by atoms with E-state index in [0.29, 0.717) is 13.2 Å². The van der Waals surface area contributed by atoms with Gasteiger partial charge in [-0.3, -0.25) is 4.79 Å². The fourth-order valence-electron chi connectivity index (χ4n) is 2.66. The van der Waals surface area contributed by atoms with Crippen LogP contribution in [0.4, 0.5) is 0 Å². The number of hydrogen-bond acceptors (Lipinski definition) is 2. The molecule has 0 bridgehead atoms. The number of carbonyl (C=O) groups is 1. The summed E-state index contributed by atoms with van der Waals surface area (Å²) < 4.78 is 5.24. The molecule has 0 saturated carbocycles. The van der Waals surface area contributed by atoms with Crippen molar-refractivity contribution in [3.05, 3.63) is 48.0 Å². The Morgan fingerprint density at radius 2 is 1.77 bits per heavy atom. The van der Waals surface area contributed by atoms with Gasteiger partial charge in [0.1, 0.15) is 0 Å². The van der Waals surface area contributed by atoms with Gasteiger partial charge in [-0.1, -0.05) is 49.2 Å². The van der Waals surface area contributed by atoms with Gasteiger partial charge in [-0.05, 0) is 37.3 Å². The molecule has 0 atom stereocenters. The zero-order valence-electron chi connectivity index (χ0n) is 13.4. The molecule has 0 aliphatic carbocycles. The number of amides is 1. The zero-order valence-corrected chi connectivity index (χ0v) is 13.4. The summed E-state index contributed by atoms with van der Waals surface area (Å²) in [6.07, 6.45) is 10.9. The number of unbranched alkanes of at least 4 members (excludes halogenated alkanes) is 4. The van der Waals surface area contributed by atoms with E-state index in [1.54, 1.807) is 6.08 Å². The molecule has 1 aromatic rings. The van der Waals surface area contributed by atoms with Crippen LogP contribution < -0.4 is 0 Å². The third kappa shape index (κ3) is 6.44. The molecule has 22 heavy (non-hydrogen) atoms. The first-order chi connectivity index (χ1) is 10.9. The van der Waals surface area contributed by atoms with E-state index in [-0.39, 0.29) is 5.91 Å². The maximum Gasteiger partial charge on any atom is 0.246 e. The third-order valence-electron chi connectivity index (χ3n) is 4.01. The Morgan fingerprint density at radius 1 is 1.05 bits per heavy atom. The SMILES string of the molecule is O=C(/C=C/CCCCCCc1ccccc1)N1CCOCC1. The molecule has 1 aliphatic heterocycles. The van der Waals surface area contributed by atoms with E-state index in [1.165, 1.54) is 37.7 Å². The second-order valence-electron chi connectivity index (χ2n) is 5.78. The lowest BCUT2D eigenvalue weighted by atomic mass is 10.1. The largest absolute Gasteiger partial charge is 0.378 e. The second kappa shape index (κ2) is 10.2. The molecule has 1 aliphatic rings. The van der Waals surface area contributed by atoms with Gasteiger partial charge in [0, 0.05) is 13.1 Å². The van der Waals surface area contributed by atoms with Crippen LogP contribution in [0.5, 0.6) is 0 Å². The van der Waals surface area contributed by atoms with Gasteiger partial charge in [0.05, 0.1) is 13.2 Å². The number of benzene rings is 1. The molecular weight excluding hydrogens is 274 g/mol. The smallest absolute Gasteiger partial charge is 0.246 e. The molecule has 0 N–H and O–H groups in total. The molecule has 0 aromatic heterocycles. The summed E-state index contributed by atoms with van der Waals surface area (Å²) in [5.41, 5.74) is 1.43. The van der Waals surface area contributed by atoms with Crippen LogP contribution in [0, 0.1) is 0 Å². The summed E-state index contributed by atoms with van der Waals surface area (Å²) in [4.78, 5) is 13.7. The molecule has 0 radical (unpaired) electrons. The topological polar surface area (TPSA) is 29.5 Å². The molecule has 1 amide bonds. The van der Waals surface area contributed by atoms with Gasteiger partial charge >= 0.3 is 0 Å². The van der Waals surface area contributed by atoms with Crippen LogP contribution in [0.1, 0.15) is 37.7 Å². The summed E-state index contributed by atoms with van der Waals surface area (Å²) in [5, 5.41) is 0. The van der Waals surface area contributed by atoms with E-state index in [2.05, 4.69) is 30.3 Å². The summed E-state index contributed by atoms with van der Waals surface area (Å²) >= 11 is 0. The van der Waals surface area contributed by atoms with E-state index in [4.69, 9.17) is 4.74 Å². The van der Waals surface area contributed by atoms with Gasteiger partial charge in [-0.2, -0.15) is 0 Å². The van der Waals surface area contributed by atoms with Crippen molar-refractivity contribution >= 4 is 5.91 Å². The average molecular weight is 301 g/mol. The van der Waals surface area contributed by atoms with Crippen LogP contribution in [0.25, 0.3) is 0 Å². The number of aryl methyl sites for hydroxylation is 1. The number of morpholine rings is 1. The Labute approximate surface area is 134 Å². The summed E-state index contributed by atoms with van der Waals surface area (Å²) in [6.45, 7) is 2.79.